The number of hydrogen-bond acceptors (Lipinski definition) is 3. The molecule has 90 valence electrons. The summed E-state index contributed by atoms with van der Waals surface area (Å²) in [6.07, 6.45) is 4.33. The van der Waals surface area contributed by atoms with Crippen LogP contribution < -0.4 is 5.32 Å². The lowest BCUT2D eigenvalue weighted by Gasteiger charge is -2.08. The minimum absolute atomic E-state index is 0.165. The predicted octanol–water partition coefficient (Wildman–Crippen LogP) is 2.67. The van der Waals surface area contributed by atoms with Gasteiger partial charge in [0.2, 0.25) is 0 Å². The Morgan fingerprint density at radius 3 is 2.94 bits per heavy atom. The number of non-ortho nitro benzene ring substituents is 1. The highest BCUT2D eigenvalue weighted by atomic mass is 16.6. The number of allylic oxidation sites excluding steroid dienone is 1. The van der Waals surface area contributed by atoms with Gasteiger partial charge in [0.25, 0.3) is 5.69 Å². The van der Waals surface area contributed by atoms with Crippen molar-refractivity contribution in [1.82, 2.24) is 5.32 Å². The second kappa shape index (κ2) is 5.10. The zero-order chi connectivity index (χ0) is 12.3. The molecule has 0 saturated heterocycles. The maximum Gasteiger partial charge on any atom is 0.269 e. The molecule has 0 aliphatic carbocycles. The molecule has 0 aromatic heterocycles. The van der Waals surface area contributed by atoms with Gasteiger partial charge in [-0.25, -0.2) is 0 Å². The quantitative estimate of drug-likeness (QED) is 0.630. The molecule has 1 aromatic carbocycles. The molecule has 4 nitrogen and oxygen atoms in total. The third-order valence-corrected chi connectivity index (χ3v) is 3.06. The smallest absolute Gasteiger partial charge is 0.269 e. The fourth-order valence-electron chi connectivity index (χ4n) is 2.17. The van der Waals surface area contributed by atoms with Gasteiger partial charge in [-0.05, 0) is 49.1 Å². The van der Waals surface area contributed by atoms with Crippen LogP contribution in [0, 0.1) is 17.0 Å². The molecule has 1 aromatic rings. The number of rotatable bonds is 2. The summed E-state index contributed by atoms with van der Waals surface area (Å²) in [5.41, 5.74) is 3.58. The SMILES string of the molecule is Cc1cc([N+](=O)[O-])ccc1C1=CCNCCC1. The molecule has 0 bridgehead atoms. The van der Waals surface area contributed by atoms with Crippen molar-refractivity contribution in [2.24, 2.45) is 0 Å². The molecule has 4 heteroatoms. The van der Waals surface area contributed by atoms with Crippen LogP contribution in [0.5, 0.6) is 0 Å². The minimum Gasteiger partial charge on any atom is -0.313 e. The van der Waals surface area contributed by atoms with E-state index in [0.717, 1.165) is 37.1 Å². The molecule has 1 aliphatic rings. The topological polar surface area (TPSA) is 55.2 Å². The van der Waals surface area contributed by atoms with Crippen LogP contribution in [0.4, 0.5) is 5.69 Å². The molecule has 0 spiro atoms. The lowest BCUT2D eigenvalue weighted by Crippen LogP contribution is -2.12. The zero-order valence-electron chi connectivity index (χ0n) is 9.90. The second-order valence-electron chi connectivity index (χ2n) is 4.29. The highest BCUT2D eigenvalue weighted by molar-refractivity contribution is 5.69. The van der Waals surface area contributed by atoms with Crippen molar-refractivity contribution < 1.29 is 4.92 Å². The molecule has 0 atom stereocenters. The van der Waals surface area contributed by atoms with Gasteiger partial charge in [-0.3, -0.25) is 10.1 Å². The van der Waals surface area contributed by atoms with Gasteiger partial charge in [0.1, 0.15) is 0 Å². The van der Waals surface area contributed by atoms with Crippen molar-refractivity contribution in [3.8, 4) is 0 Å². The van der Waals surface area contributed by atoms with Crippen LogP contribution in [-0.4, -0.2) is 18.0 Å². The Morgan fingerprint density at radius 1 is 1.41 bits per heavy atom. The van der Waals surface area contributed by atoms with Crippen LogP contribution in [0.1, 0.15) is 24.0 Å². The van der Waals surface area contributed by atoms with Crippen LogP contribution in [0.3, 0.4) is 0 Å². The number of hydrogen-bond donors (Lipinski definition) is 1. The predicted molar refractivity (Wildman–Crippen MR) is 67.9 cm³/mol. The van der Waals surface area contributed by atoms with Gasteiger partial charge in [-0.2, -0.15) is 0 Å². The number of nitrogens with one attached hydrogen (secondary N) is 1. The molecule has 1 aliphatic heterocycles. The maximum absolute atomic E-state index is 10.7. The summed E-state index contributed by atoms with van der Waals surface area (Å²) in [5, 5.41) is 14.0. The Morgan fingerprint density at radius 2 is 2.24 bits per heavy atom. The van der Waals surface area contributed by atoms with E-state index in [1.165, 1.54) is 5.57 Å². The summed E-state index contributed by atoms with van der Waals surface area (Å²) < 4.78 is 0. The van der Waals surface area contributed by atoms with Gasteiger partial charge in [-0.1, -0.05) is 6.08 Å². The van der Waals surface area contributed by atoms with Crippen LogP contribution in [-0.2, 0) is 0 Å². The van der Waals surface area contributed by atoms with Crippen LogP contribution in [0.2, 0.25) is 0 Å². The third-order valence-electron chi connectivity index (χ3n) is 3.06. The standard InChI is InChI=1S/C13H16N2O2/c1-10-9-12(15(16)17)4-5-13(10)11-3-2-7-14-8-6-11/h4-6,9,14H,2-3,7-8H2,1H3. The maximum atomic E-state index is 10.7. The number of aryl methyl sites for hydroxylation is 1. The fraction of sp³-hybridized carbons (Fsp3) is 0.385. The lowest BCUT2D eigenvalue weighted by atomic mass is 9.96. The van der Waals surface area contributed by atoms with E-state index in [2.05, 4.69) is 11.4 Å². The van der Waals surface area contributed by atoms with E-state index >= 15 is 0 Å². The van der Waals surface area contributed by atoms with Gasteiger partial charge in [-0.15, -0.1) is 0 Å². The Labute approximate surface area is 100 Å². The highest BCUT2D eigenvalue weighted by Crippen LogP contribution is 2.26. The molecule has 0 unspecified atom stereocenters. The molecule has 0 amide bonds. The minimum atomic E-state index is -0.347. The Balaban J connectivity index is 2.32. The van der Waals surface area contributed by atoms with E-state index < -0.39 is 0 Å². The average Bonchev–Trinajstić information content (AvgIpc) is 2.57. The number of nitro groups is 1. The van der Waals surface area contributed by atoms with E-state index in [-0.39, 0.29) is 10.6 Å². The highest BCUT2D eigenvalue weighted by Gasteiger charge is 2.11. The van der Waals surface area contributed by atoms with E-state index in [1.807, 2.05) is 13.0 Å². The Hall–Kier alpha value is -1.68. The molecular formula is C13H16N2O2. The Kier molecular flexibility index (Phi) is 3.54. The molecule has 0 fully saturated rings. The van der Waals surface area contributed by atoms with Gasteiger partial charge in [0, 0.05) is 18.7 Å². The van der Waals surface area contributed by atoms with Gasteiger partial charge in [0.05, 0.1) is 4.92 Å². The van der Waals surface area contributed by atoms with E-state index in [9.17, 15) is 10.1 Å². The summed E-state index contributed by atoms with van der Waals surface area (Å²) >= 11 is 0. The summed E-state index contributed by atoms with van der Waals surface area (Å²) in [6, 6.07) is 5.10. The first-order valence-corrected chi connectivity index (χ1v) is 5.83. The summed E-state index contributed by atoms with van der Waals surface area (Å²) in [6.45, 7) is 3.85. The molecular weight excluding hydrogens is 216 g/mol. The van der Waals surface area contributed by atoms with Crippen LogP contribution in [0.25, 0.3) is 5.57 Å². The molecule has 1 heterocycles. The summed E-state index contributed by atoms with van der Waals surface area (Å²) in [7, 11) is 0. The van der Waals surface area contributed by atoms with Crippen molar-refractivity contribution in [2.75, 3.05) is 13.1 Å². The molecule has 2 rings (SSSR count). The molecule has 0 radical (unpaired) electrons. The van der Waals surface area contributed by atoms with Gasteiger partial charge < -0.3 is 5.32 Å². The molecule has 1 N–H and O–H groups in total. The molecule has 0 saturated carbocycles. The van der Waals surface area contributed by atoms with E-state index in [0.29, 0.717) is 0 Å². The normalized spacial score (nSPS) is 16.2. The van der Waals surface area contributed by atoms with Crippen molar-refractivity contribution in [3.05, 3.63) is 45.5 Å². The lowest BCUT2D eigenvalue weighted by molar-refractivity contribution is -0.384. The number of nitro benzene ring substituents is 1. The number of nitrogens with zero attached hydrogens (tertiary/aromatic N) is 1. The largest absolute Gasteiger partial charge is 0.313 e. The van der Waals surface area contributed by atoms with Gasteiger partial charge in [0.15, 0.2) is 0 Å². The third kappa shape index (κ3) is 2.71. The van der Waals surface area contributed by atoms with Crippen LogP contribution in [0.15, 0.2) is 24.3 Å². The molecule has 17 heavy (non-hydrogen) atoms. The zero-order valence-corrected chi connectivity index (χ0v) is 9.90. The fourth-order valence-corrected chi connectivity index (χ4v) is 2.17. The van der Waals surface area contributed by atoms with Crippen molar-refractivity contribution >= 4 is 11.3 Å². The first kappa shape index (κ1) is 11.8. The summed E-state index contributed by atoms with van der Waals surface area (Å²) in [4.78, 5) is 10.3. The first-order valence-electron chi connectivity index (χ1n) is 5.83. The average molecular weight is 232 g/mol. The van der Waals surface area contributed by atoms with Crippen molar-refractivity contribution in [2.45, 2.75) is 19.8 Å². The van der Waals surface area contributed by atoms with Gasteiger partial charge >= 0.3 is 0 Å². The monoisotopic (exact) mass is 232 g/mol. The number of benzene rings is 1. The Bertz CT molecular complexity index is 466. The van der Waals surface area contributed by atoms with Crippen molar-refractivity contribution in [3.63, 3.8) is 0 Å². The first-order chi connectivity index (χ1) is 8.18. The summed E-state index contributed by atoms with van der Waals surface area (Å²) in [5.74, 6) is 0. The van der Waals surface area contributed by atoms with E-state index in [4.69, 9.17) is 0 Å². The van der Waals surface area contributed by atoms with Crippen LogP contribution >= 0.6 is 0 Å². The van der Waals surface area contributed by atoms with E-state index in [1.54, 1.807) is 12.1 Å². The second-order valence-corrected chi connectivity index (χ2v) is 4.29. The van der Waals surface area contributed by atoms with Crippen molar-refractivity contribution in [1.29, 1.82) is 0 Å².